The lowest BCUT2D eigenvalue weighted by atomic mass is 10.6. The maximum atomic E-state index is 5.53. The molecule has 0 aromatic carbocycles. The standard InChI is InChI=1S/C5H4Cl2N2.C2H6/c1-3-8-2-4(6)5(7)9-3;1-2/h2H,1H3;1-2H3. The predicted octanol–water partition coefficient (Wildman–Crippen LogP) is 3.12. The predicted molar refractivity (Wildman–Crippen MR) is 48.1 cm³/mol. The molecule has 1 rings (SSSR count). The largest absolute Gasteiger partial charge is 0.240 e. The van der Waals surface area contributed by atoms with Gasteiger partial charge in [-0.05, 0) is 6.92 Å². The molecule has 0 unspecified atom stereocenters. The van der Waals surface area contributed by atoms with Gasteiger partial charge in [0.15, 0.2) is 5.15 Å². The fourth-order valence-corrected chi connectivity index (χ4v) is 0.690. The van der Waals surface area contributed by atoms with Gasteiger partial charge in [-0.2, -0.15) is 0 Å². The first kappa shape index (κ1) is 10.7. The van der Waals surface area contributed by atoms with E-state index in [1.165, 1.54) is 6.20 Å². The number of nitrogens with zero attached hydrogens (tertiary/aromatic N) is 2. The zero-order valence-corrected chi connectivity index (χ0v) is 8.24. The van der Waals surface area contributed by atoms with Crippen molar-refractivity contribution in [2.45, 2.75) is 20.8 Å². The van der Waals surface area contributed by atoms with Crippen LogP contribution in [0.15, 0.2) is 6.20 Å². The maximum Gasteiger partial charge on any atom is 0.151 e. The third-order valence-corrected chi connectivity index (χ3v) is 1.48. The summed E-state index contributed by atoms with van der Waals surface area (Å²) in [5, 5.41) is 0.700. The van der Waals surface area contributed by atoms with E-state index in [1.807, 2.05) is 13.8 Å². The van der Waals surface area contributed by atoms with Gasteiger partial charge in [0.25, 0.3) is 0 Å². The van der Waals surface area contributed by atoms with Crippen LogP contribution in [-0.4, -0.2) is 9.97 Å². The molecule has 0 saturated carbocycles. The lowest BCUT2D eigenvalue weighted by Crippen LogP contribution is -1.85. The third-order valence-electron chi connectivity index (χ3n) is 0.822. The lowest BCUT2D eigenvalue weighted by Gasteiger charge is -1.92. The van der Waals surface area contributed by atoms with Crippen molar-refractivity contribution in [1.29, 1.82) is 0 Å². The van der Waals surface area contributed by atoms with E-state index >= 15 is 0 Å². The van der Waals surface area contributed by atoms with E-state index in [4.69, 9.17) is 23.2 Å². The fourth-order valence-electron chi connectivity index (χ4n) is 0.428. The van der Waals surface area contributed by atoms with E-state index in [0.29, 0.717) is 16.0 Å². The molecule has 0 atom stereocenters. The molecule has 62 valence electrons. The molecule has 1 aromatic heterocycles. The number of halogens is 2. The molecular formula is C7H10Cl2N2. The minimum atomic E-state index is 0.309. The number of aromatic nitrogens is 2. The number of aryl methyl sites for hydroxylation is 1. The molecule has 0 spiro atoms. The third kappa shape index (κ3) is 3.54. The van der Waals surface area contributed by atoms with Gasteiger partial charge in [-0.15, -0.1) is 0 Å². The maximum absolute atomic E-state index is 5.53. The summed E-state index contributed by atoms with van der Waals surface area (Å²) < 4.78 is 0. The fraction of sp³-hybridized carbons (Fsp3) is 0.429. The Bertz CT molecular complexity index is 226. The topological polar surface area (TPSA) is 25.8 Å². The lowest BCUT2D eigenvalue weighted by molar-refractivity contribution is 1.05. The van der Waals surface area contributed by atoms with Crippen LogP contribution in [0.25, 0.3) is 0 Å². The van der Waals surface area contributed by atoms with E-state index < -0.39 is 0 Å². The Morgan fingerprint density at radius 3 is 2.18 bits per heavy atom. The first-order valence-corrected chi connectivity index (χ1v) is 4.10. The van der Waals surface area contributed by atoms with Crippen LogP contribution < -0.4 is 0 Å². The summed E-state index contributed by atoms with van der Waals surface area (Å²) in [5.41, 5.74) is 0. The molecule has 0 saturated heterocycles. The molecule has 1 heterocycles. The molecule has 0 aliphatic rings. The van der Waals surface area contributed by atoms with Gasteiger partial charge in [0.05, 0.1) is 11.2 Å². The molecule has 0 bridgehead atoms. The Balaban J connectivity index is 0.000000461. The second kappa shape index (κ2) is 5.33. The molecule has 11 heavy (non-hydrogen) atoms. The minimum Gasteiger partial charge on any atom is -0.240 e. The van der Waals surface area contributed by atoms with Crippen LogP contribution in [0.1, 0.15) is 19.7 Å². The van der Waals surface area contributed by atoms with Crippen molar-refractivity contribution in [2.24, 2.45) is 0 Å². The van der Waals surface area contributed by atoms with Gasteiger partial charge in [0, 0.05) is 0 Å². The van der Waals surface area contributed by atoms with Crippen LogP contribution in [0.2, 0.25) is 10.2 Å². The van der Waals surface area contributed by atoms with Gasteiger partial charge < -0.3 is 0 Å². The van der Waals surface area contributed by atoms with E-state index in [0.717, 1.165) is 0 Å². The highest BCUT2D eigenvalue weighted by molar-refractivity contribution is 6.41. The highest BCUT2D eigenvalue weighted by Crippen LogP contribution is 2.16. The van der Waals surface area contributed by atoms with Gasteiger partial charge in [-0.3, -0.25) is 0 Å². The Morgan fingerprint density at radius 2 is 1.82 bits per heavy atom. The van der Waals surface area contributed by atoms with Crippen molar-refractivity contribution < 1.29 is 0 Å². The summed E-state index contributed by atoms with van der Waals surface area (Å²) >= 11 is 11.1. The van der Waals surface area contributed by atoms with Crippen LogP contribution in [0.3, 0.4) is 0 Å². The van der Waals surface area contributed by atoms with Crippen molar-refractivity contribution in [3.8, 4) is 0 Å². The Morgan fingerprint density at radius 1 is 1.27 bits per heavy atom. The second-order valence-electron chi connectivity index (χ2n) is 1.56. The normalized spacial score (nSPS) is 8.45. The zero-order valence-electron chi connectivity index (χ0n) is 6.73. The highest BCUT2D eigenvalue weighted by atomic mass is 35.5. The summed E-state index contributed by atoms with van der Waals surface area (Å²) in [7, 11) is 0. The summed E-state index contributed by atoms with van der Waals surface area (Å²) in [5.74, 6) is 0.629. The van der Waals surface area contributed by atoms with Gasteiger partial charge in [-0.25, -0.2) is 9.97 Å². The van der Waals surface area contributed by atoms with Gasteiger partial charge in [0.1, 0.15) is 5.82 Å². The highest BCUT2D eigenvalue weighted by Gasteiger charge is 1.96. The number of hydrogen-bond acceptors (Lipinski definition) is 2. The van der Waals surface area contributed by atoms with Crippen molar-refractivity contribution in [2.75, 3.05) is 0 Å². The van der Waals surface area contributed by atoms with Crippen molar-refractivity contribution in [3.63, 3.8) is 0 Å². The molecule has 0 aliphatic carbocycles. The number of rotatable bonds is 0. The quantitative estimate of drug-likeness (QED) is 0.591. The molecule has 0 aliphatic heterocycles. The van der Waals surface area contributed by atoms with Gasteiger partial charge >= 0.3 is 0 Å². The first-order chi connectivity index (χ1) is 5.20. The summed E-state index contributed by atoms with van der Waals surface area (Å²) in [6, 6.07) is 0. The van der Waals surface area contributed by atoms with Crippen LogP contribution in [0.5, 0.6) is 0 Å². The Kier molecular flexibility index (Phi) is 5.16. The zero-order chi connectivity index (χ0) is 8.85. The Labute approximate surface area is 76.6 Å². The summed E-state index contributed by atoms with van der Waals surface area (Å²) in [4.78, 5) is 7.61. The van der Waals surface area contributed by atoms with Crippen LogP contribution >= 0.6 is 23.2 Å². The molecule has 1 aromatic rings. The number of hydrogen-bond donors (Lipinski definition) is 0. The SMILES string of the molecule is CC.Cc1ncc(Cl)c(Cl)n1. The molecule has 0 N–H and O–H groups in total. The molecular weight excluding hydrogens is 183 g/mol. The average molecular weight is 193 g/mol. The average Bonchev–Trinajstić information content (AvgIpc) is 2.02. The van der Waals surface area contributed by atoms with Crippen molar-refractivity contribution >= 4 is 23.2 Å². The molecule has 0 fully saturated rings. The van der Waals surface area contributed by atoms with Crippen molar-refractivity contribution in [1.82, 2.24) is 9.97 Å². The molecule has 4 heteroatoms. The second-order valence-corrected chi connectivity index (χ2v) is 2.32. The van der Waals surface area contributed by atoms with E-state index in [9.17, 15) is 0 Å². The smallest absolute Gasteiger partial charge is 0.151 e. The summed E-state index contributed by atoms with van der Waals surface area (Å²) in [6.07, 6.45) is 1.48. The summed E-state index contributed by atoms with van der Waals surface area (Å²) in [6.45, 7) is 5.75. The van der Waals surface area contributed by atoms with E-state index in [2.05, 4.69) is 9.97 Å². The molecule has 0 amide bonds. The van der Waals surface area contributed by atoms with Crippen LogP contribution in [0.4, 0.5) is 0 Å². The molecule has 0 radical (unpaired) electrons. The van der Waals surface area contributed by atoms with Crippen LogP contribution in [0, 0.1) is 6.92 Å². The molecule has 2 nitrogen and oxygen atoms in total. The van der Waals surface area contributed by atoms with Crippen LogP contribution in [-0.2, 0) is 0 Å². The van der Waals surface area contributed by atoms with Crippen molar-refractivity contribution in [3.05, 3.63) is 22.2 Å². The Hall–Kier alpha value is -0.340. The monoisotopic (exact) mass is 192 g/mol. The van der Waals surface area contributed by atoms with Gasteiger partial charge in [0.2, 0.25) is 0 Å². The first-order valence-electron chi connectivity index (χ1n) is 3.35. The van der Waals surface area contributed by atoms with E-state index in [-0.39, 0.29) is 0 Å². The minimum absolute atomic E-state index is 0.309. The van der Waals surface area contributed by atoms with Gasteiger partial charge in [-0.1, -0.05) is 37.0 Å². The van der Waals surface area contributed by atoms with E-state index in [1.54, 1.807) is 6.92 Å².